The molecular weight excluding hydrogens is 269 g/mol. The number of nitrogens with one attached hydrogen (secondary N) is 1. The Hall–Kier alpha value is -1.42. The fraction of sp³-hybridized carbons (Fsp3) is 0.588. The molecule has 0 radical (unpaired) electrons. The summed E-state index contributed by atoms with van der Waals surface area (Å²) in [6, 6.07) is 6.34. The quantitative estimate of drug-likeness (QED) is 0.895. The van der Waals surface area contributed by atoms with Crippen molar-refractivity contribution in [1.29, 1.82) is 0 Å². The van der Waals surface area contributed by atoms with E-state index in [9.17, 15) is 14.3 Å². The summed E-state index contributed by atoms with van der Waals surface area (Å²) in [5, 5.41) is 12.6. The monoisotopic (exact) mass is 291 g/mol. The lowest BCUT2D eigenvalue weighted by molar-refractivity contribution is -0.125. The summed E-state index contributed by atoms with van der Waals surface area (Å²) in [5.41, 5.74) is 0.434. The third-order valence-electron chi connectivity index (χ3n) is 5.04. The van der Waals surface area contributed by atoms with Gasteiger partial charge in [-0.25, -0.2) is 4.39 Å². The molecule has 2 aliphatic carbocycles. The van der Waals surface area contributed by atoms with Crippen LogP contribution in [-0.2, 0) is 10.2 Å². The third-order valence-corrected chi connectivity index (χ3v) is 5.04. The van der Waals surface area contributed by atoms with E-state index in [0.29, 0.717) is 0 Å². The highest BCUT2D eigenvalue weighted by Crippen LogP contribution is 2.48. The van der Waals surface area contributed by atoms with Crippen molar-refractivity contribution >= 4 is 5.91 Å². The molecule has 2 atom stereocenters. The summed E-state index contributed by atoms with van der Waals surface area (Å²) in [4.78, 5) is 12.7. The van der Waals surface area contributed by atoms with Crippen LogP contribution in [0.5, 0.6) is 0 Å². The van der Waals surface area contributed by atoms with Gasteiger partial charge in [-0.2, -0.15) is 0 Å². The minimum absolute atomic E-state index is 0.0412. The molecular formula is C17H22FNO2. The molecule has 3 rings (SSSR count). The molecule has 1 amide bonds. The van der Waals surface area contributed by atoms with E-state index < -0.39 is 5.41 Å². The van der Waals surface area contributed by atoms with Crippen LogP contribution in [0.4, 0.5) is 4.39 Å². The standard InChI is InChI=1S/C17H22FNO2/c18-14-7-5-13(6-8-14)17(9-10-17)16(21)19-15-4-2-1-3-12(15)11-20/h5-8,12,15,20H,1-4,9-11H2,(H,19,21). The summed E-state index contributed by atoms with van der Waals surface area (Å²) in [6.45, 7) is 0.133. The second-order valence-corrected chi connectivity index (χ2v) is 6.40. The molecule has 2 fully saturated rings. The molecule has 114 valence electrons. The van der Waals surface area contributed by atoms with Gasteiger partial charge in [-0.1, -0.05) is 25.0 Å². The topological polar surface area (TPSA) is 49.3 Å². The Morgan fingerprint density at radius 2 is 1.90 bits per heavy atom. The summed E-state index contributed by atoms with van der Waals surface area (Å²) in [7, 11) is 0. The highest BCUT2D eigenvalue weighted by atomic mass is 19.1. The first-order valence-corrected chi connectivity index (χ1v) is 7.83. The van der Waals surface area contributed by atoms with Crippen LogP contribution < -0.4 is 5.32 Å². The van der Waals surface area contributed by atoms with Crippen LogP contribution in [-0.4, -0.2) is 23.7 Å². The molecule has 2 N–H and O–H groups in total. The van der Waals surface area contributed by atoms with Crippen molar-refractivity contribution in [1.82, 2.24) is 5.32 Å². The van der Waals surface area contributed by atoms with Gasteiger partial charge in [0.15, 0.2) is 0 Å². The molecule has 3 nitrogen and oxygen atoms in total. The number of halogens is 1. The van der Waals surface area contributed by atoms with E-state index in [1.165, 1.54) is 12.1 Å². The normalized spacial score (nSPS) is 27.1. The summed E-state index contributed by atoms with van der Waals surface area (Å²) < 4.78 is 13.0. The first kappa shape index (κ1) is 14.5. The van der Waals surface area contributed by atoms with Gasteiger partial charge in [-0.3, -0.25) is 4.79 Å². The van der Waals surface area contributed by atoms with Gasteiger partial charge in [0, 0.05) is 18.6 Å². The van der Waals surface area contributed by atoms with Crippen LogP contribution in [0.25, 0.3) is 0 Å². The van der Waals surface area contributed by atoms with Gasteiger partial charge in [0.1, 0.15) is 5.82 Å². The lowest BCUT2D eigenvalue weighted by Crippen LogP contribution is -2.47. The van der Waals surface area contributed by atoms with Crippen LogP contribution in [0.1, 0.15) is 44.1 Å². The van der Waals surface area contributed by atoms with Crippen LogP contribution in [0.2, 0.25) is 0 Å². The SMILES string of the molecule is O=C(NC1CCCCC1CO)C1(c2ccc(F)cc2)CC1. The predicted molar refractivity (Wildman–Crippen MR) is 78.3 cm³/mol. The molecule has 0 heterocycles. The number of carbonyl (C=O) groups excluding carboxylic acids is 1. The number of aliphatic hydroxyl groups is 1. The smallest absolute Gasteiger partial charge is 0.230 e. The lowest BCUT2D eigenvalue weighted by atomic mass is 9.84. The summed E-state index contributed by atoms with van der Waals surface area (Å²) in [5.74, 6) is -0.0613. The number of amides is 1. The number of rotatable bonds is 4. The van der Waals surface area contributed by atoms with Crippen molar-refractivity contribution < 1.29 is 14.3 Å². The van der Waals surface area contributed by atoms with Crippen molar-refractivity contribution in [2.24, 2.45) is 5.92 Å². The number of aliphatic hydroxyl groups excluding tert-OH is 1. The average Bonchev–Trinajstić information content (AvgIpc) is 3.30. The molecule has 0 spiro atoms. The molecule has 1 aromatic carbocycles. The number of hydrogen-bond donors (Lipinski definition) is 2. The zero-order valence-corrected chi connectivity index (χ0v) is 12.1. The van der Waals surface area contributed by atoms with E-state index in [0.717, 1.165) is 44.1 Å². The van der Waals surface area contributed by atoms with Crippen molar-refractivity contribution in [3.05, 3.63) is 35.6 Å². The Kier molecular flexibility index (Phi) is 3.98. The van der Waals surface area contributed by atoms with Crippen LogP contribution >= 0.6 is 0 Å². The second-order valence-electron chi connectivity index (χ2n) is 6.40. The Labute approximate surface area is 124 Å². The van der Waals surface area contributed by atoms with Crippen LogP contribution in [0.3, 0.4) is 0 Å². The maximum Gasteiger partial charge on any atom is 0.230 e. The zero-order chi connectivity index (χ0) is 14.9. The van der Waals surface area contributed by atoms with Gasteiger partial charge >= 0.3 is 0 Å². The molecule has 0 saturated heterocycles. The largest absolute Gasteiger partial charge is 0.396 e. The van der Waals surface area contributed by atoms with Crippen LogP contribution in [0, 0.1) is 11.7 Å². The van der Waals surface area contributed by atoms with Crippen molar-refractivity contribution in [2.45, 2.75) is 50.0 Å². The van der Waals surface area contributed by atoms with Crippen molar-refractivity contribution in [2.75, 3.05) is 6.61 Å². The Bertz CT molecular complexity index is 510. The fourth-order valence-corrected chi connectivity index (χ4v) is 3.46. The minimum atomic E-state index is -0.467. The van der Waals surface area contributed by atoms with E-state index in [-0.39, 0.29) is 30.3 Å². The maximum absolute atomic E-state index is 13.0. The minimum Gasteiger partial charge on any atom is -0.396 e. The summed E-state index contributed by atoms with van der Waals surface area (Å²) >= 11 is 0. The first-order valence-electron chi connectivity index (χ1n) is 7.83. The maximum atomic E-state index is 13.0. The first-order chi connectivity index (χ1) is 10.2. The van der Waals surface area contributed by atoms with Crippen molar-refractivity contribution in [3.8, 4) is 0 Å². The van der Waals surface area contributed by atoms with E-state index >= 15 is 0 Å². The van der Waals surface area contributed by atoms with E-state index in [1.54, 1.807) is 12.1 Å². The highest BCUT2D eigenvalue weighted by Gasteiger charge is 2.51. The zero-order valence-electron chi connectivity index (χ0n) is 12.1. The van der Waals surface area contributed by atoms with E-state index in [2.05, 4.69) is 5.32 Å². The van der Waals surface area contributed by atoms with E-state index in [1.807, 2.05) is 0 Å². The second kappa shape index (κ2) is 5.76. The molecule has 0 bridgehead atoms. The predicted octanol–water partition coefficient (Wildman–Crippen LogP) is 2.52. The van der Waals surface area contributed by atoms with E-state index in [4.69, 9.17) is 0 Å². The third kappa shape index (κ3) is 2.82. The van der Waals surface area contributed by atoms with Gasteiger partial charge in [0.2, 0.25) is 5.91 Å². The molecule has 4 heteroatoms. The Balaban J connectivity index is 1.71. The number of benzene rings is 1. The molecule has 2 saturated carbocycles. The molecule has 1 aromatic rings. The molecule has 0 aromatic heterocycles. The van der Waals surface area contributed by atoms with Gasteiger partial charge in [-0.05, 0) is 43.4 Å². The fourth-order valence-electron chi connectivity index (χ4n) is 3.46. The lowest BCUT2D eigenvalue weighted by Gasteiger charge is -2.32. The van der Waals surface area contributed by atoms with Crippen LogP contribution in [0.15, 0.2) is 24.3 Å². The highest BCUT2D eigenvalue weighted by molar-refractivity contribution is 5.91. The average molecular weight is 291 g/mol. The Morgan fingerprint density at radius 3 is 2.52 bits per heavy atom. The van der Waals surface area contributed by atoms with Gasteiger partial charge in [0.25, 0.3) is 0 Å². The molecule has 2 aliphatic rings. The molecule has 0 aliphatic heterocycles. The molecule has 2 unspecified atom stereocenters. The van der Waals surface area contributed by atoms with Gasteiger partial charge < -0.3 is 10.4 Å². The number of hydrogen-bond acceptors (Lipinski definition) is 2. The Morgan fingerprint density at radius 1 is 1.24 bits per heavy atom. The van der Waals surface area contributed by atoms with Gasteiger partial charge in [-0.15, -0.1) is 0 Å². The number of carbonyl (C=O) groups is 1. The van der Waals surface area contributed by atoms with Crippen molar-refractivity contribution in [3.63, 3.8) is 0 Å². The summed E-state index contributed by atoms with van der Waals surface area (Å²) in [6.07, 6.45) is 5.79. The van der Waals surface area contributed by atoms with Gasteiger partial charge in [0.05, 0.1) is 5.41 Å². The molecule has 21 heavy (non-hydrogen) atoms.